The van der Waals surface area contributed by atoms with Gasteiger partial charge >= 0.3 is 0 Å². The van der Waals surface area contributed by atoms with E-state index in [1.54, 1.807) is 11.3 Å². The van der Waals surface area contributed by atoms with E-state index in [0.717, 1.165) is 24.2 Å². The monoisotopic (exact) mass is 342 g/mol. The van der Waals surface area contributed by atoms with Crippen molar-refractivity contribution in [3.63, 3.8) is 0 Å². The standard InChI is InChI=1S/C18H22N4OS/c23-18(21-14-7-11-3-4-13(14)20-11)15-8-12-16(22-5-1-2-6-22)10-24-17(12)9-19-15/h8-11,13-14,20H,1-7H2,(H,21,23)/t11-,13+,14-/m1/s1. The van der Waals surface area contributed by atoms with Crippen LogP contribution in [0.15, 0.2) is 17.6 Å². The van der Waals surface area contributed by atoms with E-state index in [1.165, 1.54) is 36.8 Å². The van der Waals surface area contributed by atoms with E-state index >= 15 is 0 Å². The smallest absolute Gasteiger partial charge is 0.270 e. The van der Waals surface area contributed by atoms with Crippen molar-refractivity contribution in [3.8, 4) is 0 Å². The SMILES string of the molecule is O=C(N[C@@H]1C[C@H]2CC[C@@H]1N2)c1cc2c(N3CCCC3)csc2cn1. The molecule has 3 saturated heterocycles. The third-order valence-electron chi connectivity index (χ3n) is 5.74. The Labute approximate surface area is 145 Å². The Bertz CT molecular complexity index is 782. The molecule has 0 aromatic carbocycles. The highest BCUT2D eigenvalue weighted by atomic mass is 32.1. The van der Waals surface area contributed by atoms with Crippen molar-refractivity contribution in [2.24, 2.45) is 0 Å². The van der Waals surface area contributed by atoms with E-state index in [1.807, 2.05) is 12.3 Å². The number of rotatable bonds is 3. The minimum absolute atomic E-state index is 0.0326. The summed E-state index contributed by atoms with van der Waals surface area (Å²) in [5, 5.41) is 10.1. The first-order chi connectivity index (χ1) is 11.8. The minimum Gasteiger partial charge on any atom is -0.370 e. The Morgan fingerprint density at radius 2 is 2.21 bits per heavy atom. The molecule has 6 heteroatoms. The molecule has 3 aliphatic rings. The lowest BCUT2D eigenvalue weighted by Crippen LogP contribution is -2.43. The van der Waals surface area contributed by atoms with Crippen LogP contribution in [0, 0.1) is 0 Å². The topological polar surface area (TPSA) is 57.3 Å². The Balaban J connectivity index is 1.40. The first kappa shape index (κ1) is 14.7. The zero-order valence-corrected chi connectivity index (χ0v) is 14.4. The second-order valence-electron chi connectivity index (χ2n) is 7.24. The van der Waals surface area contributed by atoms with Gasteiger partial charge in [0.05, 0.1) is 10.4 Å². The van der Waals surface area contributed by atoms with Gasteiger partial charge in [0.1, 0.15) is 5.69 Å². The molecule has 24 heavy (non-hydrogen) atoms. The molecule has 126 valence electrons. The van der Waals surface area contributed by atoms with Crippen LogP contribution < -0.4 is 15.5 Å². The zero-order chi connectivity index (χ0) is 16.1. The molecule has 3 aliphatic heterocycles. The third kappa shape index (κ3) is 2.40. The summed E-state index contributed by atoms with van der Waals surface area (Å²) in [5.41, 5.74) is 1.81. The van der Waals surface area contributed by atoms with Crippen molar-refractivity contribution in [1.29, 1.82) is 0 Å². The molecule has 0 spiro atoms. The Morgan fingerprint density at radius 3 is 2.96 bits per heavy atom. The highest BCUT2D eigenvalue weighted by Gasteiger charge is 2.39. The molecule has 2 aromatic heterocycles. The van der Waals surface area contributed by atoms with Crippen molar-refractivity contribution in [1.82, 2.24) is 15.6 Å². The molecule has 1 amide bonds. The van der Waals surface area contributed by atoms with E-state index in [4.69, 9.17) is 0 Å². The number of nitrogens with one attached hydrogen (secondary N) is 2. The lowest BCUT2D eigenvalue weighted by Gasteiger charge is -2.21. The predicted octanol–water partition coefficient (Wildman–Crippen LogP) is 2.52. The van der Waals surface area contributed by atoms with Gasteiger partial charge in [0, 0.05) is 48.2 Å². The fourth-order valence-corrected chi connectivity index (χ4v) is 5.39. The molecule has 2 bridgehead atoms. The maximum absolute atomic E-state index is 12.7. The first-order valence-electron chi connectivity index (χ1n) is 8.97. The largest absolute Gasteiger partial charge is 0.370 e. The zero-order valence-electron chi connectivity index (χ0n) is 13.6. The second-order valence-corrected chi connectivity index (χ2v) is 8.16. The molecule has 0 unspecified atom stereocenters. The van der Waals surface area contributed by atoms with Crippen LogP contribution in [0.5, 0.6) is 0 Å². The Kier molecular flexibility index (Phi) is 3.49. The van der Waals surface area contributed by atoms with Gasteiger partial charge in [0.2, 0.25) is 0 Å². The molecule has 2 aromatic rings. The maximum Gasteiger partial charge on any atom is 0.270 e. The van der Waals surface area contributed by atoms with Crippen LogP contribution in [0.25, 0.3) is 10.1 Å². The molecular formula is C18H22N4OS. The molecule has 0 saturated carbocycles. The fraction of sp³-hybridized carbons (Fsp3) is 0.556. The van der Waals surface area contributed by atoms with Crippen LogP contribution in [0.4, 0.5) is 5.69 Å². The number of amides is 1. The average molecular weight is 342 g/mol. The van der Waals surface area contributed by atoms with E-state index in [9.17, 15) is 4.79 Å². The quantitative estimate of drug-likeness (QED) is 0.900. The van der Waals surface area contributed by atoms with Crippen LogP contribution in [0.3, 0.4) is 0 Å². The Hall–Kier alpha value is -1.66. The maximum atomic E-state index is 12.7. The number of hydrogen-bond acceptors (Lipinski definition) is 5. The van der Waals surface area contributed by atoms with Gasteiger partial charge in [-0.2, -0.15) is 0 Å². The third-order valence-corrected chi connectivity index (χ3v) is 6.66. The number of anilines is 1. The van der Waals surface area contributed by atoms with Crippen molar-refractivity contribution >= 4 is 33.0 Å². The van der Waals surface area contributed by atoms with E-state index in [2.05, 4.69) is 25.9 Å². The lowest BCUT2D eigenvalue weighted by atomic mass is 9.95. The number of thiophene rings is 1. The van der Waals surface area contributed by atoms with Crippen molar-refractivity contribution in [2.45, 2.75) is 50.2 Å². The minimum atomic E-state index is -0.0326. The van der Waals surface area contributed by atoms with Gasteiger partial charge < -0.3 is 15.5 Å². The van der Waals surface area contributed by atoms with Gasteiger partial charge in [0.15, 0.2) is 0 Å². The average Bonchev–Trinajstić information content (AvgIpc) is 3.36. The highest BCUT2D eigenvalue weighted by molar-refractivity contribution is 7.17. The first-order valence-corrected chi connectivity index (χ1v) is 9.85. The van der Waals surface area contributed by atoms with Crippen molar-refractivity contribution in [2.75, 3.05) is 18.0 Å². The molecule has 5 rings (SSSR count). The summed E-state index contributed by atoms with van der Waals surface area (Å²) in [6, 6.07) is 3.28. The van der Waals surface area contributed by atoms with Crippen molar-refractivity contribution in [3.05, 3.63) is 23.3 Å². The van der Waals surface area contributed by atoms with E-state index < -0.39 is 0 Å². The number of hydrogen-bond donors (Lipinski definition) is 2. The highest BCUT2D eigenvalue weighted by Crippen LogP contribution is 2.35. The molecule has 0 radical (unpaired) electrons. The molecule has 3 atom stereocenters. The van der Waals surface area contributed by atoms with Crippen LogP contribution in [-0.4, -0.2) is 42.1 Å². The van der Waals surface area contributed by atoms with Gasteiger partial charge in [-0.15, -0.1) is 11.3 Å². The van der Waals surface area contributed by atoms with Gasteiger partial charge in [-0.05, 0) is 38.2 Å². The number of nitrogens with zero attached hydrogens (tertiary/aromatic N) is 2. The fourth-order valence-electron chi connectivity index (χ4n) is 4.47. The van der Waals surface area contributed by atoms with Gasteiger partial charge in [-0.1, -0.05) is 0 Å². The summed E-state index contributed by atoms with van der Waals surface area (Å²) in [5.74, 6) is -0.0326. The molecule has 0 aliphatic carbocycles. The Morgan fingerprint density at radius 1 is 1.33 bits per heavy atom. The lowest BCUT2D eigenvalue weighted by molar-refractivity contribution is 0.0926. The number of carbonyl (C=O) groups excluding carboxylic acids is 1. The number of pyridine rings is 1. The van der Waals surface area contributed by atoms with Crippen LogP contribution >= 0.6 is 11.3 Å². The predicted molar refractivity (Wildman–Crippen MR) is 96.9 cm³/mol. The second kappa shape index (κ2) is 5.70. The van der Waals surface area contributed by atoms with Crippen LogP contribution in [0.1, 0.15) is 42.6 Å². The van der Waals surface area contributed by atoms with E-state index in [-0.39, 0.29) is 11.9 Å². The van der Waals surface area contributed by atoms with Crippen LogP contribution in [0.2, 0.25) is 0 Å². The molecule has 2 N–H and O–H groups in total. The summed E-state index contributed by atoms with van der Waals surface area (Å²) >= 11 is 1.72. The summed E-state index contributed by atoms with van der Waals surface area (Å²) in [7, 11) is 0. The molecular weight excluding hydrogens is 320 g/mol. The number of fused-ring (bicyclic) bond motifs is 3. The number of aromatic nitrogens is 1. The molecule has 5 nitrogen and oxygen atoms in total. The summed E-state index contributed by atoms with van der Waals surface area (Å²) in [6.07, 6.45) is 7.84. The van der Waals surface area contributed by atoms with E-state index in [0.29, 0.717) is 17.8 Å². The summed E-state index contributed by atoms with van der Waals surface area (Å²) in [6.45, 7) is 2.24. The summed E-state index contributed by atoms with van der Waals surface area (Å²) < 4.78 is 1.16. The summed E-state index contributed by atoms with van der Waals surface area (Å²) in [4.78, 5) is 19.5. The van der Waals surface area contributed by atoms with Gasteiger partial charge in [0.25, 0.3) is 5.91 Å². The molecule has 5 heterocycles. The van der Waals surface area contributed by atoms with Crippen molar-refractivity contribution < 1.29 is 4.79 Å². The number of carbonyl (C=O) groups is 1. The molecule has 3 fully saturated rings. The van der Waals surface area contributed by atoms with Gasteiger partial charge in [-0.25, -0.2) is 4.98 Å². The normalized spacial score (nSPS) is 28.8. The van der Waals surface area contributed by atoms with Crippen LogP contribution in [-0.2, 0) is 0 Å². The van der Waals surface area contributed by atoms with Gasteiger partial charge in [-0.3, -0.25) is 4.79 Å².